The van der Waals surface area contributed by atoms with E-state index >= 15 is 0 Å². The molecule has 1 amide bonds. The second-order valence-corrected chi connectivity index (χ2v) is 10.7. The third-order valence-corrected chi connectivity index (χ3v) is 8.35. The number of hydrogen-bond acceptors (Lipinski definition) is 7. The van der Waals surface area contributed by atoms with E-state index in [0.29, 0.717) is 28.3 Å². The van der Waals surface area contributed by atoms with E-state index in [4.69, 9.17) is 0 Å². The third kappa shape index (κ3) is 3.81. The van der Waals surface area contributed by atoms with Crippen LogP contribution in [-0.4, -0.2) is 47.2 Å². The Morgan fingerprint density at radius 3 is 2.77 bits per heavy atom. The van der Waals surface area contributed by atoms with Crippen LogP contribution in [-0.2, 0) is 21.2 Å². The van der Waals surface area contributed by atoms with Crippen molar-refractivity contribution in [2.24, 2.45) is 0 Å². The highest BCUT2D eigenvalue weighted by Gasteiger charge is 2.29. The van der Waals surface area contributed by atoms with Crippen LogP contribution in [0.15, 0.2) is 9.95 Å². The van der Waals surface area contributed by atoms with Crippen molar-refractivity contribution in [3.05, 3.63) is 20.8 Å². The molecule has 2 aromatic heterocycles. The maximum absolute atomic E-state index is 12.8. The number of fused-ring (bicyclic) bond motifs is 1. The van der Waals surface area contributed by atoms with E-state index in [-0.39, 0.29) is 34.8 Å². The molecule has 2 aromatic rings. The van der Waals surface area contributed by atoms with Gasteiger partial charge >= 0.3 is 0 Å². The van der Waals surface area contributed by atoms with Crippen molar-refractivity contribution in [1.82, 2.24) is 14.9 Å². The number of sulfone groups is 1. The maximum atomic E-state index is 12.8. The van der Waals surface area contributed by atoms with Gasteiger partial charge in [-0.25, -0.2) is 13.4 Å². The van der Waals surface area contributed by atoms with Crippen LogP contribution in [0.25, 0.3) is 10.2 Å². The molecule has 1 saturated heterocycles. The first-order valence-corrected chi connectivity index (χ1v) is 12.0. The lowest BCUT2D eigenvalue weighted by molar-refractivity contribution is -0.119. The number of thioether (sulfide) groups is 1. The van der Waals surface area contributed by atoms with Crippen LogP contribution >= 0.6 is 23.1 Å². The second-order valence-electron chi connectivity index (χ2n) is 6.36. The molecule has 0 spiro atoms. The molecule has 26 heavy (non-hydrogen) atoms. The number of carbonyl (C=O) groups is 1. The van der Waals surface area contributed by atoms with E-state index in [9.17, 15) is 18.0 Å². The number of amides is 1. The Balaban J connectivity index is 1.76. The summed E-state index contributed by atoms with van der Waals surface area (Å²) in [4.78, 5) is 31.3. The van der Waals surface area contributed by atoms with Gasteiger partial charge in [0.1, 0.15) is 4.83 Å². The second kappa shape index (κ2) is 7.32. The molecule has 1 atom stereocenters. The lowest BCUT2D eigenvalue weighted by Gasteiger charge is -2.12. The first kappa shape index (κ1) is 19.4. The molecular weight excluding hydrogens is 394 g/mol. The zero-order chi connectivity index (χ0) is 19.1. The van der Waals surface area contributed by atoms with E-state index < -0.39 is 9.84 Å². The zero-order valence-electron chi connectivity index (χ0n) is 14.9. The SMILES string of the molecule is CCn1c(SCC(=O)N[C@@H]2CCS(=O)(=O)C2)nc2sc(C)c(C)c2c1=O. The number of rotatable bonds is 5. The van der Waals surface area contributed by atoms with Gasteiger partial charge in [0, 0.05) is 17.5 Å². The van der Waals surface area contributed by atoms with Gasteiger partial charge in [0.15, 0.2) is 15.0 Å². The molecule has 7 nitrogen and oxygen atoms in total. The standard InChI is InChI=1S/C16H21N3O4S3/c1-4-19-15(21)13-9(2)10(3)25-14(13)18-16(19)24-7-12(20)17-11-5-6-26(22,23)8-11/h11H,4-8H2,1-3H3,(H,17,20)/t11-/m1/s1. The molecule has 3 heterocycles. The Morgan fingerprint density at radius 1 is 1.42 bits per heavy atom. The van der Waals surface area contributed by atoms with Crippen molar-refractivity contribution in [3.8, 4) is 0 Å². The van der Waals surface area contributed by atoms with Crippen molar-refractivity contribution in [2.45, 2.75) is 44.9 Å². The molecule has 3 rings (SSSR count). The van der Waals surface area contributed by atoms with Gasteiger partial charge in [0.05, 0.1) is 22.6 Å². The van der Waals surface area contributed by atoms with Crippen molar-refractivity contribution in [3.63, 3.8) is 0 Å². The average molecular weight is 416 g/mol. The monoisotopic (exact) mass is 415 g/mol. The zero-order valence-corrected chi connectivity index (χ0v) is 17.3. The Morgan fingerprint density at radius 2 is 2.15 bits per heavy atom. The Hall–Kier alpha value is -1.39. The molecule has 0 unspecified atom stereocenters. The minimum atomic E-state index is -3.03. The van der Waals surface area contributed by atoms with E-state index in [1.54, 1.807) is 4.57 Å². The van der Waals surface area contributed by atoms with Crippen molar-refractivity contribution in [1.29, 1.82) is 0 Å². The van der Waals surface area contributed by atoms with Gasteiger partial charge < -0.3 is 5.32 Å². The van der Waals surface area contributed by atoms with E-state index in [1.165, 1.54) is 23.1 Å². The summed E-state index contributed by atoms with van der Waals surface area (Å²) in [6.07, 6.45) is 0.455. The lowest BCUT2D eigenvalue weighted by atomic mass is 10.2. The van der Waals surface area contributed by atoms with Crippen LogP contribution in [0.2, 0.25) is 0 Å². The fraction of sp³-hybridized carbons (Fsp3) is 0.562. The average Bonchev–Trinajstić information content (AvgIpc) is 3.04. The molecule has 1 aliphatic rings. The maximum Gasteiger partial charge on any atom is 0.263 e. The molecular formula is C16H21N3O4S3. The highest BCUT2D eigenvalue weighted by atomic mass is 32.2. The summed E-state index contributed by atoms with van der Waals surface area (Å²) in [5.41, 5.74) is 0.880. The molecule has 1 aliphatic heterocycles. The first-order chi connectivity index (χ1) is 12.2. The van der Waals surface area contributed by atoms with Crippen LogP contribution in [0.4, 0.5) is 0 Å². The van der Waals surface area contributed by atoms with Crippen LogP contribution in [0.5, 0.6) is 0 Å². The predicted octanol–water partition coefficient (Wildman–Crippen LogP) is 1.49. The molecule has 0 radical (unpaired) electrons. The Bertz CT molecular complexity index is 1020. The lowest BCUT2D eigenvalue weighted by Crippen LogP contribution is -2.36. The molecule has 1 fully saturated rings. The van der Waals surface area contributed by atoms with Crippen LogP contribution in [0.1, 0.15) is 23.8 Å². The highest BCUT2D eigenvalue weighted by Crippen LogP contribution is 2.28. The number of thiophene rings is 1. The summed E-state index contributed by atoms with van der Waals surface area (Å²) >= 11 is 2.69. The molecule has 0 aromatic carbocycles. The summed E-state index contributed by atoms with van der Waals surface area (Å²) < 4.78 is 24.5. The largest absolute Gasteiger partial charge is 0.352 e. The van der Waals surface area contributed by atoms with Gasteiger partial charge in [0.25, 0.3) is 5.56 Å². The van der Waals surface area contributed by atoms with E-state index in [1.807, 2.05) is 20.8 Å². The van der Waals surface area contributed by atoms with Gasteiger partial charge in [0.2, 0.25) is 5.91 Å². The molecule has 142 valence electrons. The minimum Gasteiger partial charge on any atom is -0.352 e. The van der Waals surface area contributed by atoms with Crippen LogP contribution < -0.4 is 10.9 Å². The number of aryl methyl sites for hydroxylation is 2. The van der Waals surface area contributed by atoms with Gasteiger partial charge in [-0.15, -0.1) is 11.3 Å². The van der Waals surface area contributed by atoms with Gasteiger partial charge in [-0.2, -0.15) is 0 Å². The fourth-order valence-corrected chi connectivity index (χ4v) is 6.62. The predicted molar refractivity (Wildman–Crippen MR) is 105 cm³/mol. The minimum absolute atomic E-state index is 0.00102. The summed E-state index contributed by atoms with van der Waals surface area (Å²) in [6.45, 7) is 6.23. The number of nitrogens with zero attached hydrogens (tertiary/aromatic N) is 2. The molecule has 1 N–H and O–H groups in total. The Kier molecular flexibility index (Phi) is 5.45. The molecule has 0 bridgehead atoms. The smallest absolute Gasteiger partial charge is 0.263 e. The topological polar surface area (TPSA) is 98.1 Å². The van der Waals surface area contributed by atoms with Gasteiger partial charge in [-0.3, -0.25) is 14.2 Å². The number of carbonyl (C=O) groups excluding carboxylic acids is 1. The molecule has 10 heteroatoms. The van der Waals surface area contributed by atoms with E-state index in [0.717, 1.165) is 10.4 Å². The first-order valence-electron chi connectivity index (χ1n) is 8.35. The van der Waals surface area contributed by atoms with Gasteiger partial charge in [-0.05, 0) is 32.8 Å². The molecule has 0 saturated carbocycles. The quantitative estimate of drug-likeness (QED) is 0.587. The van der Waals surface area contributed by atoms with Crippen LogP contribution in [0, 0.1) is 13.8 Å². The summed E-state index contributed by atoms with van der Waals surface area (Å²) in [5, 5.41) is 3.92. The van der Waals surface area contributed by atoms with Gasteiger partial charge in [-0.1, -0.05) is 11.8 Å². The number of nitrogens with one attached hydrogen (secondary N) is 1. The Labute approximate surface area is 160 Å². The molecule has 0 aliphatic carbocycles. The number of aromatic nitrogens is 2. The third-order valence-electron chi connectivity index (χ3n) is 4.50. The highest BCUT2D eigenvalue weighted by molar-refractivity contribution is 7.99. The fourth-order valence-electron chi connectivity index (χ4n) is 3.01. The van der Waals surface area contributed by atoms with Crippen molar-refractivity contribution >= 4 is 49.1 Å². The van der Waals surface area contributed by atoms with Crippen LogP contribution in [0.3, 0.4) is 0 Å². The summed E-state index contributed by atoms with van der Waals surface area (Å²) in [6, 6.07) is -0.320. The summed E-state index contributed by atoms with van der Waals surface area (Å²) in [7, 11) is -3.03. The normalized spacial score (nSPS) is 19.1. The summed E-state index contributed by atoms with van der Waals surface area (Å²) in [5.74, 6) is -0.0260. The van der Waals surface area contributed by atoms with Crippen molar-refractivity contribution < 1.29 is 13.2 Å². The van der Waals surface area contributed by atoms with Crippen molar-refractivity contribution in [2.75, 3.05) is 17.3 Å². The van der Waals surface area contributed by atoms with E-state index in [2.05, 4.69) is 10.3 Å². The number of hydrogen-bond donors (Lipinski definition) is 1.